The van der Waals surface area contributed by atoms with E-state index in [1.807, 2.05) is 13.0 Å². The maximum atomic E-state index is 13.5. The van der Waals surface area contributed by atoms with E-state index >= 15 is 0 Å². The highest BCUT2D eigenvalue weighted by Gasteiger charge is 2.10. The molecule has 0 saturated carbocycles. The molecule has 5 heteroatoms. The maximum Gasteiger partial charge on any atom is 0.123 e. The predicted molar refractivity (Wildman–Crippen MR) is 84.4 cm³/mol. The molecule has 1 aromatic carbocycles. The third kappa shape index (κ3) is 6.42. The molecule has 1 N–H and O–H groups in total. The van der Waals surface area contributed by atoms with Crippen LogP contribution in [0, 0.1) is 5.82 Å². The van der Waals surface area contributed by atoms with Crippen LogP contribution in [0.1, 0.15) is 19.4 Å². The normalized spacial score (nSPS) is 10.9. The fraction of sp³-hybridized carbons (Fsp3) is 0.625. The van der Waals surface area contributed by atoms with Crippen LogP contribution >= 0.6 is 0 Å². The van der Waals surface area contributed by atoms with Gasteiger partial charge in [0.2, 0.25) is 0 Å². The molecule has 0 spiro atoms. The number of benzene rings is 1. The Labute approximate surface area is 127 Å². The highest BCUT2D eigenvalue weighted by molar-refractivity contribution is 5.53. The molecule has 0 atom stereocenters. The number of nitrogens with one attached hydrogen (secondary N) is 1. The van der Waals surface area contributed by atoms with E-state index < -0.39 is 0 Å². The first kappa shape index (κ1) is 17.9. The Morgan fingerprint density at radius 3 is 2.71 bits per heavy atom. The molecule has 4 nitrogen and oxygen atoms in total. The van der Waals surface area contributed by atoms with E-state index in [1.54, 1.807) is 13.2 Å². The Morgan fingerprint density at radius 2 is 2.05 bits per heavy atom. The van der Waals surface area contributed by atoms with Gasteiger partial charge < -0.3 is 19.7 Å². The maximum absolute atomic E-state index is 13.5. The number of halogens is 1. The molecule has 21 heavy (non-hydrogen) atoms. The molecule has 120 valence electrons. The van der Waals surface area contributed by atoms with Crippen LogP contribution in [0.15, 0.2) is 18.2 Å². The molecule has 0 aromatic heterocycles. The monoisotopic (exact) mass is 298 g/mol. The SMILES string of the molecule is CCOCCN(CC)c1ccc(F)cc1CNCCOC. The van der Waals surface area contributed by atoms with E-state index in [0.717, 1.165) is 30.9 Å². The summed E-state index contributed by atoms with van der Waals surface area (Å²) in [5.74, 6) is -0.205. The summed E-state index contributed by atoms with van der Waals surface area (Å²) in [5.41, 5.74) is 2.02. The number of nitrogens with zero attached hydrogens (tertiary/aromatic N) is 1. The average Bonchev–Trinajstić information content (AvgIpc) is 2.49. The van der Waals surface area contributed by atoms with Crippen molar-refractivity contribution in [1.29, 1.82) is 0 Å². The van der Waals surface area contributed by atoms with Crippen molar-refractivity contribution in [3.05, 3.63) is 29.6 Å². The first-order valence-electron chi connectivity index (χ1n) is 7.53. The summed E-state index contributed by atoms with van der Waals surface area (Å²) in [6.07, 6.45) is 0. The summed E-state index contributed by atoms with van der Waals surface area (Å²) in [6, 6.07) is 4.95. The van der Waals surface area contributed by atoms with Gasteiger partial charge in [-0.2, -0.15) is 0 Å². The number of rotatable bonds is 11. The first-order chi connectivity index (χ1) is 10.2. The average molecular weight is 298 g/mol. The molecule has 1 aromatic rings. The van der Waals surface area contributed by atoms with Gasteiger partial charge in [-0.3, -0.25) is 0 Å². The molecule has 0 aliphatic rings. The Kier molecular flexibility index (Phi) is 8.98. The van der Waals surface area contributed by atoms with Crippen LogP contribution in [0.5, 0.6) is 0 Å². The third-order valence-corrected chi connectivity index (χ3v) is 3.27. The standard InChI is InChI=1S/C16H27FN2O2/c1-4-19(9-11-21-5-2)16-7-6-15(17)12-14(16)13-18-8-10-20-3/h6-7,12,18H,4-5,8-11,13H2,1-3H3. The molecule has 1 rings (SSSR count). The van der Waals surface area contributed by atoms with Crippen molar-refractivity contribution in [2.75, 3.05) is 51.5 Å². The first-order valence-corrected chi connectivity index (χ1v) is 7.53. The number of methoxy groups -OCH3 is 1. The summed E-state index contributed by atoms with van der Waals surface area (Å²) in [5, 5.41) is 3.27. The molecule has 0 unspecified atom stereocenters. The molecule has 0 fully saturated rings. The van der Waals surface area contributed by atoms with Crippen LogP contribution in [-0.2, 0) is 16.0 Å². The van der Waals surface area contributed by atoms with Crippen LogP contribution in [0.2, 0.25) is 0 Å². The van der Waals surface area contributed by atoms with Crippen molar-refractivity contribution in [2.24, 2.45) is 0 Å². The van der Waals surface area contributed by atoms with Gasteiger partial charge in [-0.25, -0.2) is 4.39 Å². The summed E-state index contributed by atoms with van der Waals surface area (Å²) in [4.78, 5) is 2.21. The second-order valence-electron chi connectivity index (χ2n) is 4.72. The highest BCUT2D eigenvalue weighted by Crippen LogP contribution is 2.21. The zero-order valence-corrected chi connectivity index (χ0v) is 13.3. The highest BCUT2D eigenvalue weighted by atomic mass is 19.1. The van der Waals surface area contributed by atoms with Gasteiger partial charge in [0.15, 0.2) is 0 Å². The van der Waals surface area contributed by atoms with Gasteiger partial charge in [-0.1, -0.05) is 0 Å². The lowest BCUT2D eigenvalue weighted by atomic mass is 10.1. The molecule has 0 heterocycles. The van der Waals surface area contributed by atoms with Crippen molar-refractivity contribution in [3.8, 4) is 0 Å². The third-order valence-electron chi connectivity index (χ3n) is 3.27. The molecule has 0 aliphatic carbocycles. The van der Waals surface area contributed by atoms with E-state index in [0.29, 0.717) is 26.4 Å². The van der Waals surface area contributed by atoms with E-state index in [-0.39, 0.29) is 5.82 Å². The lowest BCUT2D eigenvalue weighted by Gasteiger charge is -2.26. The molecular weight excluding hydrogens is 271 g/mol. The lowest BCUT2D eigenvalue weighted by molar-refractivity contribution is 0.154. The van der Waals surface area contributed by atoms with Crippen molar-refractivity contribution in [3.63, 3.8) is 0 Å². The zero-order valence-electron chi connectivity index (χ0n) is 13.3. The van der Waals surface area contributed by atoms with E-state index in [2.05, 4.69) is 17.1 Å². The number of likely N-dealkylation sites (N-methyl/N-ethyl adjacent to an activating group) is 1. The van der Waals surface area contributed by atoms with Gasteiger partial charge in [0, 0.05) is 45.6 Å². The fourth-order valence-electron chi connectivity index (χ4n) is 2.17. The summed E-state index contributed by atoms with van der Waals surface area (Å²) >= 11 is 0. The Balaban J connectivity index is 2.72. The molecule has 0 aliphatic heterocycles. The molecular formula is C16H27FN2O2. The van der Waals surface area contributed by atoms with E-state index in [9.17, 15) is 4.39 Å². The quantitative estimate of drug-likeness (QED) is 0.636. The van der Waals surface area contributed by atoms with Gasteiger partial charge in [0.1, 0.15) is 5.82 Å². The fourth-order valence-corrected chi connectivity index (χ4v) is 2.17. The van der Waals surface area contributed by atoms with E-state index in [4.69, 9.17) is 9.47 Å². The van der Waals surface area contributed by atoms with Gasteiger partial charge in [-0.05, 0) is 37.6 Å². The van der Waals surface area contributed by atoms with Crippen LogP contribution in [-0.4, -0.2) is 46.6 Å². The van der Waals surface area contributed by atoms with Crippen molar-refractivity contribution in [2.45, 2.75) is 20.4 Å². The van der Waals surface area contributed by atoms with Gasteiger partial charge in [-0.15, -0.1) is 0 Å². The van der Waals surface area contributed by atoms with Crippen molar-refractivity contribution in [1.82, 2.24) is 5.32 Å². The second-order valence-corrected chi connectivity index (χ2v) is 4.72. The zero-order chi connectivity index (χ0) is 15.5. The van der Waals surface area contributed by atoms with Crippen molar-refractivity contribution < 1.29 is 13.9 Å². The van der Waals surface area contributed by atoms with Crippen molar-refractivity contribution >= 4 is 5.69 Å². The Hall–Kier alpha value is -1.17. The molecule has 0 amide bonds. The van der Waals surface area contributed by atoms with Gasteiger partial charge in [0.25, 0.3) is 0 Å². The Morgan fingerprint density at radius 1 is 1.24 bits per heavy atom. The Bertz CT molecular complexity index is 402. The smallest absolute Gasteiger partial charge is 0.123 e. The number of anilines is 1. The predicted octanol–water partition coefficient (Wildman–Crippen LogP) is 2.42. The molecule has 0 bridgehead atoms. The number of hydrogen-bond acceptors (Lipinski definition) is 4. The summed E-state index contributed by atoms with van der Waals surface area (Å²) in [7, 11) is 1.67. The van der Waals surface area contributed by atoms with Crippen LogP contribution < -0.4 is 10.2 Å². The lowest BCUT2D eigenvalue weighted by Crippen LogP contribution is -2.29. The minimum Gasteiger partial charge on any atom is -0.383 e. The molecule has 0 radical (unpaired) electrons. The summed E-state index contributed by atoms with van der Waals surface area (Å²) in [6.45, 7) is 9.16. The van der Waals surface area contributed by atoms with Gasteiger partial charge in [0.05, 0.1) is 13.2 Å². The summed E-state index contributed by atoms with van der Waals surface area (Å²) < 4.78 is 23.9. The minimum absolute atomic E-state index is 0.205. The van der Waals surface area contributed by atoms with Gasteiger partial charge >= 0.3 is 0 Å². The van der Waals surface area contributed by atoms with Crippen LogP contribution in [0.3, 0.4) is 0 Å². The molecule has 0 saturated heterocycles. The van der Waals surface area contributed by atoms with Crippen LogP contribution in [0.25, 0.3) is 0 Å². The number of ether oxygens (including phenoxy) is 2. The van der Waals surface area contributed by atoms with E-state index in [1.165, 1.54) is 6.07 Å². The second kappa shape index (κ2) is 10.5. The number of hydrogen-bond donors (Lipinski definition) is 1. The van der Waals surface area contributed by atoms with Crippen LogP contribution in [0.4, 0.5) is 10.1 Å². The minimum atomic E-state index is -0.205. The topological polar surface area (TPSA) is 33.7 Å². The largest absolute Gasteiger partial charge is 0.383 e.